The van der Waals surface area contributed by atoms with Crippen LogP contribution in [0, 0.1) is 5.41 Å². The highest BCUT2D eigenvalue weighted by atomic mass is 16.8. The number of esters is 1. The van der Waals surface area contributed by atoms with Crippen LogP contribution in [-0.4, -0.2) is 29.6 Å². The first-order chi connectivity index (χ1) is 7.82. The summed E-state index contributed by atoms with van der Waals surface area (Å²) in [7, 11) is 0. The van der Waals surface area contributed by atoms with Gasteiger partial charge in [-0.3, -0.25) is 4.79 Å². The predicted octanol–water partition coefficient (Wildman–Crippen LogP) is 2.01. The van der Waals surface area contributed by atoms with Gasteiger partial charge in [0.2, 0.25) is 6.29 Å². The summed E-state index contributed by atoms with van der Waals surface area (Å²) in [5, 5.41) is 0. The first kappa shape index (κ1) is 11.5. The third-order valence-electron chi connectivity index (χ3n) is 4.73. The minimum atomic E-state index is -0.397. The molecule has 1 saturated carbocycles. The lowest BCUT2D eigenvalue weighted by molar-refractivity contribution is -0.145. The molecule has 4 atom stereocenters. The second-order valence-electron chi connectivity index (χ2n) is 6.34. The van der Waals surface area contributed by atoms with E-state index in [-0.39, 0.29) is 28.7 Å². The summed E-state index contributed by atoms with van der Waals surface area (Å²) < 4.78 is 16.7. The molecule has 0 amide bonds. The van der Waals surface area contributed by atoms with Crippen molar-refractivity contribution in [2.24, 2.45) is 5.41 Å². The maximum Gasteiger partial charge on any atom is 0.305 e. The van der Waals surface area contributed by atoms with Gasteiger partial charge in [-0.1, -0.05) is 13.8 Å². The minimum Gasteiger partial charge on any atom is -0.433 e. The monoisotopic (exact) mass is 240 g/mol. The second kappa shape index (κ2) is 3.04. The molecule has 0 N–H and O–H groups in total. The SMILES string of the molecule is CC(=O)OC1OC1C12OC1(C)CCCC2(C)C. The highest BCUT2D eigenvalue weighted by Gasteiger charge is 2.83. The second-order valence-corrected chi connectivity index (χ2v) is 6.34. The van der Waals surface area contributed by atoms with Crippen molar-refractivity contribution in [3.05, 3.63) is 0 Å². The van der Waals surface area contributed by atoms with Crippen LogP contribution in [0.4, 0.5) is 0 Å². The Bertz CT molecular complexity index is 378. The Kier molecular flexibility index (Phi) is 2.05. The number of carbonyl (C=O) groups is 1. The topological polar surface area (TPSA) is 51.4 Å². The van der Waals surface area contributed by atoms with Gasteiger partial charge in [0, 0.05) is 6.92 Å². The van der Waals surface area contributed by atoms with Gasteiger partial charge in [-0.2, -0.15) is 0 Å². The van der Waals surface area contributed by atoms with E-state index in [4.69, 9.17) is 14.2 Å². The number of hydrogen-bond donors (Lipinski definition) is 0. The molecule has 3 rings (SSSR count). The van der Waals surface area contributed by atoms with Gasteiger partial charge in [0.15, 0.2) is 6.10 Å². The van der Waals surface area contributed by atoms with Crippen molar-refractivity contribution >= 4 is 5.97 Å². The zero-order chi connectivity index (χ0) is 12.5. The third-order valence-corrected chi connectivity index (χ3v) is 4.73. The number of carbonyl (C=O) groups excluding carboxylic acids is 1. The van der Waals surface area contributed by atoms with Gasteiger partial charge in [-0.15, -0.1) is 0 Å². The first-order valence-electron chi connectivity index (χ1n) is 6.35. The van der Waals surface area contributed by atoms with Crippen LogP contribution < -0.4 is 0 Å². The smallest absolute Gasteiger partial charge is 0.305 e. The molecule has 0 aromatic carbocycles. The van der Waals surface area contributed by atoms with Crippen molar-refractivity contribution in [3.8, 4) is 0 Å². The van der Waals surface area contributed by atoms with Crippen LogP contribution in [0.5, 0.6) is 0 Å². The lowest BCUT2D eigenvalue weighted by Gasteiger charge is -2.37. The van der Waals surface area contributed by atoms with Gasteiger partial charge in [0.25, 0.3) is 0 Å². The molecular formula is C13H20O4. The maximum atomic E-state index is 10.9. The van der Waals surface area contributed by atoms with Crippen molar-refractivity contribution < 1.29 is 19.0 Å². The molecule has 4 nitrogen and oxygen atoms in total. The van der Waals surface area contributed by atoms with Crippen molar-refractivity contribution in [2.45, 2.75) is 70.6 Å². The Morgan fingerprint density at radius 3 is 2.59 bits per heavy atom. The Hall–Kier alpha value is -0.610. The molecule has 0 aromatic heterocycles. The summed E-state index contributed by atoms with van der Waals surface area (Å²) in [6.07, 6.45) is 2.92. The van der Waals surface area contributed by atoms with E-state index in [0.29, 0.717) is 0 Å². The van der Waals surface area contributed by atoms with Crippen LogP contribution in [0.15, 0.2) is 0 Å². The maximum absolute atomic E-state index is 10.9. The first-order valence-corrected chi connectivity index (χ1v) is 6.35. The van der Waals surface area contributed by atoms with Crippen LogP contribution in [-0.2, 0) is 19.0 Å². The minimum absolute atomic E-state index is 0.0771. The van der Waals surface area contributed by atoms with Crippen LogP contribution in [0.25, 0.3) is 0 Å². The summed E-state index contributed by atoms with van der Waals surface area (Å²) in [5.74, 6) is -0.287. The van der Waals surface area contributed by atoms with Crippen molar-refractivity contribution in [2.75, 3.05) is 0 Å². The summed E-state index contributed by atoms with van der Waals surface area (Å²) in [5.41, 5.74) is -0.258. The quantitative estimate of drug-likeness (QED) is 0.547. The molecule has 17 heavy (non-hydrogen) atoms. The van der Waals surface area contributed by atoms with E-state index in [1.807, 2.05) is 0 Å². The molecular weight excluding hydrogens is 220 g/mol. The van der Waals surface area contributed by atoms with Crippen LogP contribution in [0.2, 0.25) is 0 Å². The number of rotatable bonds is 2. The lowest BCUT2D eigenvalue weighted by Crippen LogP contribution is -2.47. The molecule has 3 aliphatic rings. The molecule has 1 aliphatic carbocycles. The fourth-order valence-electron chi connectivity index (χ4n) is 3.86. The average Bonchev–Trinajstić information content (AvgIpc) is 3.00. The molecule has 4 unspecified atom stereocenters. The molecule has 2 aliphatic heterocycles. The van der Waals surface area contributed by atoms with Gasteiger partial charge in [0.1, 0.15) is 5.60 Å². The van der Waals surface area contributed by atoms with Crippen molar-refractivity contribution in [1.29, 1.82) is 0 Å². The molecule has 0 spiro atoms. The zero-order valence-corrected chi connectivity index (χ0v) is 10.9. The van der Waals surface area contributed by atoms with E-state index in [2.05, 4.69) is 20.8 Å². The molecule has 2 saturated heterocycles. The van der Waals surface area contributed by atoms with E-state index in [9.17, 15) is 4.79 Å². The molecule has 0 bridgehead atoms. The van der Waals surface area contributed by atoms with E-state index in [1.165, 1.54) is 13.3 Å². The Balaban J connectivity index is 1.81. The molecule has 2 heterocycles. The Morgan fingerprint density at radius 1 is 1.29 bits per heavy atom. The largest absolute Gasteiger partial charge is 0.433 e. The Labute approximate surface area is 102 Å². The molecule has 0 radical (unpaired) electrons. The number of ether oxygens (including phenoxy) is 3. The fourth-order valence-corrected chi connectivity index (χ4v) is 3.86. The molecule has 0 aromatic rings. The van der Waals surface area contributed by atoms with Crippen molar-refractivity contribution in [3.63, 3.8) is 0 Å². The van der Waals surface area contributed by atoms with Gasteiger partial charge in [-0.05, 0) is 31.6 Å². The van der Waals surface area contributed by atoms with Crippen LogP contribution in [0.3, 0.4) is 0 Å². The Morgan fingerprint density at radius 2 is 2.00 bits per heavy atom. The molecule has 96 valence electrons. The van der Waals surface area contributed by atoms with Crippen LogP contribution >= 0.6 is 0 Å². The average molecular weight is 240 g/mol. The number of hydrogen-bond acceptors (Lipinski definition) is 4. The predicted molar refractivity (Wildman–Crippen MR) is 60.3 cm³/mol. The van der Waals surface area contributed by atoms with Gasteiger partial charge in [-0.25, -0.2) is 0 Å². The van der Waals surface area contributed by atoms with Crippen molar-refractivity contribution in [1.82, 2.24) is 0 Å². The van der Waals surface area contributed by atoms with E-state index in [0.717, 1.165) is 12.8 Å². The summed E-state index contributed by atoms with van der Waals surface area (Å²) in [4.78, 5) is 10.9. The van der Waals surface area contributed by atoms with Gasteiger partial charge >= 0.3 is 5.97 Å². The van der Waals surface area contributed by atoms with E-state index < -0.39 is 6.29 Å². The number of fused-ring (bicyclic) bond motifs is 1. The highest BCUT2D eigenvalue weighted by molar-refractivity contribution is 5.66. The molecule has 3 fully saturated rings. The van der Waals surface area contributed by atoms with Gasteiger partial charge in [0.05, 0.1) is 5.60 Å². The van der Waals surface area contributed by atoms with Gasteiger partial charge < -0.3 is 14.2 Å². The lowest BCUT2D eigenvalue weighted by atomic mass is 9.62. The summed E-state index contributed by atoms with van der Waals surface area (Å²) in [6, 6.07) is 0. The fraction of sp³-hybridized carbons (Fsp3) is 0.923. The standard InChI is InChI=1S/C13H20O4/c1-8(14)15-10-9(16-10)13-11(2,3)6-5-7-12(13,4)17-13/h9-10H,5-7H2,1-4H3. The van der Waals surface area contributed by atoms with E-state index >= 15 is 0 Å². The third kappa shape index (κ3) is 1.34. The molecule has 4 heteroatoms. The highest BCUT2D eigenvalue weighted by Crippen LogP contribution is 2.70. The summed E-state index contributed by atoms with van der Waals surface area (Å²) >= 11 is 0. The summed E-state index contributed by atoms with van der Waals surface area (Å²) in [6.45, 7) is 8.02. The normalized spacial score (nSPS) is 50.4. The van der Waals surface area contributed by atoms with E-state index in [1.54, 1.807) is 0 Å². The number of epoxide rings is 2. The van der Waals surface area contributed by atoms with Crippen LogP contribution in [0.1, 0.15) is 47.0 Å². The zero-order valence-electron chi connectivity index (χ0n) is 10.9.